The maximum Gasteiger partial charge on any atom is 0.370 e. The van der Waals surface area contributed by atoms with Gasteiger partial charge in [0.1, 0.15) is 17.8 Å². The van der Waals surface area contributed by atoms with E-state index in [4.69, 9.17) is 4.74 Å². The third-order valence-electron chi connectivity index (χ3n) is 4.93. The predicted octanol–water partition coefficient (Wildman–Crippen LogP) is 6.57. The van der Waals surface area contributed by atoms with E-state index in [2.05, 4.69) is 16.6 Å². The molecule has 1 atom stereocenters. The van der Waals surface area contributed by atoms with Crippen molar-refractivity contribution in [3.05, 3.63) is 54.3 Å². The van der Waals surface area contributed by atoms with Crippen LogP contribution in [0.25, 0.3) is 0 Å². The summed E-state index contributed by atoms with van der Waals surface area (Å²) in [5.41, 5.74) is 1.91. The summed E-state index contributed by atoms with van der Waals surface area (Å²) in [5, 5.41) is 0. The summed E-state index contributed by atoms with van der Waals surface area (Å²) in [6, 6.07) is 10.4. The van der Waals surface area contributed by atoms with Crippen molar-refractivity contribution in [3.63, 3.8) is 0 Å². The van der Waals surface area contributed by atoms with Gasteiger partial charge in [-0.3, -0.25) is 0 Å². The van der Waals surface area contributed by atoms with Gasteiger partial charge in [-0.25, -0.2) is 9.18 Å². The minimum atomic E-state index is -1.09. The summed E-state index contributed by atoms with van der Waals surface area (Å²) in [6.45, 7) is 4.67. The predicted molar refractivity (Wildman–Crippen MR) is 123 cm³/mol. The number of carbonyl (C=O) groups is 1. The lowest BCUT2D eigenvalue weighted by Gasteiger charge is -2.28. The molecule has 31 heavy (non-hydrogen) atoms. The molecule has 1 aliphatic rings. The molecule has 0 fully saturated rings. The van der Waals surface area contributed by atoms with E-state index in [0.29, 0.717) is 11.7 Å². The van der Waals surface area contributed by atoms with Crippen LogP contribution in [-0.4, -0.2) is 31.1 Å². The van der Waals surface area contributed by atoms with Gasteiger partial charge in [0, 0.05) is 22.9 Å². The molecule has 0 bridgehead atoms. The summed E-state index contributed by atoms with van der Waals surface area (Å²) in [6.07, 6.45) is 3.71. The summed E-state index contributed by atoms with van der Waals surface area (Å²) < 4.78 is 37.6. The number of anilines is 2. The molecular weight excluding hydrogens is 440 g/mol. The van der Waals surface area contributed by atoms with E-state index >= 15 is 0 Å². The van der Waals surface area contributed by atoms with Gasteiger partial charge < -0.3 is 14.4 Å². The second-order valence-corrected chi connectivity index (χ2v) is 8.86. The average Bonchev–Trinajstić information content (AvgIpc) is 2.96. The maximum atomic E-state index is 13.9. The molecule has 0 unspecified atom stereocenters. The molecule has 1 aliphatic heterocycles. The van der Waals surface area contributed by atoms with Gasteiger partial charge in [0.25, 0.3) is 0 Å². The van der Waals surface area contributed by atoms with E-state index in [1.807, 2.05) is 18.4 Å². The Morgan fingerprint density at radius 2 is 2.03 bits per heavy atom. The van der Waals surface area contributed by atoms with Gasteiger partial charge in [-0.2, -0.15) is 4.39 Å². The largest absolute Gasteiger partial charge is 0.461 e. The Bertz CT molecular complexity index is 951. The van der Waals surface area contributed by atoms with E-state index in [0.717, 1.165) is 46.1 Å². The third kappa shape index (κ3) is 5.74. The third-order valence-corrected chi connectivity index (χ3v) is 6.96. The highest BCUT2D eigenvalue weighted by Gasteiger charge is 2.25. The summed E-state index contributed by atoms with van der Waals surface area (Å²) in [5.74, 6) is -0.574. The van der Waals surface area contributed by atoms with Crippen molar-refractivity contribution < 1.29 is 23.0 Å². The number of ether oxygens (including phenoxy) is 2. The fraction of sp³-hybridized carbons (Fsp3) is 0.348. The van der Waals surface area contributed by atoms with Gasteiger partial charge in [-0.1, -0.05) is 13.3 Å². The number of hydrogen-bond donors (Lipinski definition) is 0. The van der Waals surface area contributed by atoms with Crippen LogP contribution < -0.4 is 9.64 Å². The van der Waals surface area contributed by atoms with E-state index in [9.17, 15) is 13.6 Å². The van der Waals surface area contributed by atoms with E-state index in [1.165, 1.54) is 23.9 Å². The van der Waals surface area contributed by atoms with Crippen LogP contribution in [0.4, 0.5) is 20.2 Å². The fourth-order valence-electron chi connectivity index (χ4n) is 3.20. The second kappa shape index (κ2) is 10.9. The molecule has 0 spiro atoms. The number of nitrogens with zero attached hydrogens (tertiary/aromatic N) is 1. The fourth-order valence-corrected chi connectivity index (χ4v) is 5.00. The Morgan fingerprint density at radius 1 is 1.29 bits per heavy atom. The van der Waals surface area contributed by atoms with Gasteiger partial charge >= 0.3 is 5.97 Å². The summed E-state index contributed by atoms with van der Waals surface area (Å²) >= 11 is 3.18. The Morgan fingerprint density at radius 3 is 2.68 bits per heavy atom. The van der Waals surface area contributed by atoms with Gasteiger partial charge in [0.05, 0.1) is 17.2 Å². The van der Waals surface area contributed by atoms with Crippen molar-refractivity contribution in [2.45, 2.75) is 30.1 Å². The monoisotopic (exact) mass is 465 g/mol. The molecule has 0 saturated heterocycles. The molecule has 2 aromatic rings. The molecule has 4 nitrogen and oxygen atoms in total. The first kappa shape index (κ1) is 23.5. The normalized spacial score (nSPS) is 16.5. The number of fused-ring (bicyclic) bond motifs is 1. The van der Waals surface area contributed by atoms with Crippen LogP contribution in [0.15, 0.2) is 58.3 Å². The Kier molecular flexibility index (Phi) is 8.26. The molecule has 2 aromatic carbocycles. The number of rotatable bonds is 7. The molecule has 0 N–H and O–H groups in total. The van der Waals surface area contributed by atoms with Crippen LogP contribution >= 0.6 is 23.5 Å². The first-order valence-electron chi connectivity index (χ1n) is 10.0. The van der Waals surface area contributed by atoms with Crippen LogP contribution in [0.1, 0.15) is 20.3 Å². The average molecular weight is 466 g/mol. The summed E-state index contributed by atoms with van der Waals surface area (Å²) in [7, 11) is 0. The molecule has 3 rings (SSSR count). The molecule has 0 saturated carbocycles. The molecule has 0 aliphatic carbocycles. The quantitative estimate of drug-likeness (QED) is 0.199. The lowest BCUT2D eigenvalue weighted by Crippen LogP contribution is -2.24. The summed E-state index contributed by atoms with van der Waals surface area (Å²) in [4.78, 5) is 15.5. The first-order valence-corrected chi connectivity index (χ1v) is 12.2. The highest BCUT2D eigenvalue weighted by Crippen LogP contribution is 2.45. The molecular formula is C23H25F2NO3S2. The van der Waals surface area contributed by atoms with E-state index < -0.39 is 11.8 Å². The standard InChI is InChI=1S/C23H25F2NO3S2/c1-4-15-12-26(17-8-6-16(24)7-9-17)19-10-22(30-3)20(11-21(19)31-14-15)29-13-18(25)23(27)28-5-2/h6-11,13,15H,4-5,12,14H2,1-3H3/b18-13-/t15-/m0/s1. The van der Waals surface area contributed by atoms with Crippen LogP contribution in [0.2, 0.25) is 0 Å². The lowest BCUT2D eigenvalue weighted by atomic mass is 10.1. The molecule has 166 valence electrons. The van der Waals surface area contributed by atoms with Crippen LogP contribution in [0.3, 0.4) is 0 Å². The van der Waals surface area contributed by atoms with Crippen molar-refractivity contribution >= 4 is 40.9 Å². The van der Waals surface area contributed by atoms with Crippen LogP contribution in [-0.2, 0) is 9.53 Å². The zero-order valence-electron chi connectivity index (χ0n) is 17.7. The molecule has 1 heterocycles. The molecule has 0 amide bonds. The minimum absolute atomic E-state index is 0.0868. The van der Waals surface area contributed by atoms with Crippen molar-refractivity contribution in [3.8, 4) is 5.75 Å². The van der Waals surface area contributed by atoms with Crippen molar-refractivity contribution in [1.82, 2.24) is 0 Å². The number of hydrogen-bond acceptors (Lipinski definition) is 6. The van der Waals surface area contributed by atoms with E-state index in [1.54, 1.807) is 30.8 Å². The minimum Gasteiger partial charge on any atom is -0.461 e. The molecule has 8 heteroatoms. The SMILES string of the molecule is CCOC(=O)/C(F)=C/Oc1cc2c(cc1SC)N(c1ccc(F)cc1)C[C@H](CC)CS2. The van der Waals surface area contributed by atoms with Gasteiger partial charge in [-0.05, 0) is 55.5 Å². The van der Waals surface area contributed by atoms with Crippen molar-refractivity contribution in [2.24, 2.45) is 5.92 Å². The zero-order chi connectivity index (χ0) is 22.4. The molecule has 0 radical (unpaired) electrons. The second-order valence-electron chi connectivity index (χ2n) is 6.95. The van der Waals surface area contributed by atoms with Crippen LogP contribution in [0.5, 0.6) is 5.75 Å². The number of benzene rings is 2. The first-order chi connectivity index (χ1) is 15.0. The number of esters is 1. The maximum absolute atomic E-state index is 13.9. The van der Waals surface area contributed by atoms with Crippen LogP contribution in [0, 0.1) is 11.7 Å². The Balaban J connectivity index is 1.99. The van der Waals surface area contributed by atoms with E-state index in [-0.39, 0.29) is 12.4 Å². The number of carbonyl (C=O) groups excluding carboxylic acids is 1. The number of halogens is 2. The van der Waals surface area contributed by atoms with Gasteiger partial charge in [0.15, 0.2) is 0 Å². The van der Waals surface area contributed by atoms with Gasteiger partial charge in [-0.15, -0.1) is 23.5 Å². The van der Waals surface area contributed by atoms with Gasteiger partial charge in [0.2, 0.25) is 5.83 Å². The zero-order valence-corrected chi connectivity index (χ0v) is 19.3. The topological polar surface area (TPSA) is 38.8 Å². The highest BCUT2D eigenvalue weighted by molar-refractivity contribution is 7.99. The Labute approximate surface area is 190 Å². The van der Waals surface area contributed by atoms with Crippen molar-refractivity contribution in [2.75, 3.05) is 30.1 Å². The Hall–Kier alpha value is -2.19. The van der Waals surface area contributed by atoms with Crippen molar-refractivity contribution in [1.29, 1.82) is 0 Å². The smallest absolute Gasteiger partial charge is 0.370 e. The lowest BCUT2D eigenvalue weighted by molar-refractivity contribution is -0.140. The molecule has 0 aromatic heterocycles. The number of thioether (sulfide) groups is 2. The highest BCUT2D eigenvalue weighted by atomic mass is 32.2.